The van der Waals surface area contributed by atoms with Crippen LogP contribution in [0, 0.1) is 0 Å². The molecule has 0 spiro atoms. The minimum atomic E-state index is -0.282. The van der Waals surface area contributed by atoms with Crippen LogP contribution in [-0.4, -0.2) is 31.0 Å². The number of nitrogens with one attached hydrogen (secondary N) is 3. The largest absolute Gasteiger partial charge is 0.328 e. The molecule has 2 aromatic heterocycles. The number of para-hydroxylation sites is 1. The van der Waals surface area contributed by atoms with E-state index in [4.69, 9.17) is 0 Å². The predicted molar refractivity (Wildman–Crippen MR) is 94.2 cm³/mol. The Hall–Kier alpha value is -2.90. The van der Waals surface area contributed by atoms with Crippen molar-refractivity contribution < 1.29 is 4.79 Å². The minimum absolute atomic E-state index is 0.232. The summed E-state index contributed by atoms with van der Waals surface area (Å²) >= 11 is 0. The lowest BCUT2D eigenvalue weighted by Gasteiger charge is -2.19. The van der Waals surface area contributed by atoms with E-state index in [9.17, 15) is 4.79 Å². The van der Waals surface area contributed by atoms with Crippen molar-refractivity contribution in [2.75, 3.05) is 5.32 Å². The summed E-state index contributed by atoms with van der Waals surface area (Å²) < 4.78 is 2.10. The van der Waals surface area contributed by atoms with Gasteiger partial charge in [-0.2, -0.15) is 5.10 Å². The van der Waals surface area contributed by atoms with E-state index < -0.39 is 0 Å². The van der Waals surface area contributed by atoms with Crippen LogP contribution in [0.3, 0.4) is 0 Å². The third-order valence-corrected chi connectivity index (χ3v) is 4.78. The average Bonchev–Trinajstić information content (AvgIpc) is 3.34. The fraction of sp³-hybridized carbons (Fsp3) is 0.412. The van der Waals surface area contributed by atoms with Gasteiger partial charge in [0.25, 0.3) is 0 Å². The van der Waals surface area contributed by atoms with Crippen LogP contribution in [0.4, 0.5) is 10.5 Å². The van der Waals surface area contributed by atoms with Crippen LogP contribution < -0.4 is 10.6 Å². The number of aromatic amines is 1. The highest BCUT2D eigenvalue weighted by atomic mass is 16.2. The summed E-state index contributed by atoms with van der Waals surface area (Å²) in [4.78, 5) is 12.4. The number of carbonyl (C=O) groups excluding carboxylic acids is 1. The first-order valence-electron chi connectivity index (χ1n) is 8.61. The molecule has 8 nitrogen and oxygen atoms in total. The number of fused-ring (bicyclic) bond motifs is 1. The first-order valence-corrected chi connectivity index (χ1v) is 8.61. The average molecular weight is 339 g/mol. The van der Waals surface area contributed by atoms with Gasteiger partial charge in [0.2, 0.25) is 0 Å². The molecule has 8 heteroatoms. The first-order chi connectivity index (χ1) is 12.2. The SMILES string of the molecule is C[C@H](NC(=O)Nc1cccc2cn[nH]c12)c1nncn1C1CCCC1. The molecule has 25 heavy (non-hydrogen) atoms. The van der Waals surface area contributed by atoms with Crippen LogP contribution in [0.2, 0.25) is 0 Å². The number of aromatic nitrogens is 5. The molecule has 0 unspecified atom stereocenters. The van der Waals surface area contributed by atoms with Crippen molar-refractivity contribution in [1.82, 2.24) is 30.3 Å². The molecule has 4 rings (SSSR count). The summed E-state index contributed by atoms with van der Waals surface area (Å²) in [6.07, 6.45) is 8.26. The summed E-state index contributed by atoms with van der Waals surface area (Å²) in [6, 6.07) is 5.59. The van der Waals surface area contributed by atoms with E-state index in [1.807, 2.05) is 25.1 Å². The van der Waals surface area contributed by atoms with Crippen molar-refractivity contribution in [2.24, 2.45) is 0 Å². The number of benzene rings is 1. The molecule has 1 fully saturated rings. The van der Waals surface area contributed by atoms with E-state index in [-0.39, 0.29) is 12.1 Å². The van der Waals surface area contributed by atoms with Gasteiger partial charge in [-0.3, -0.25) is 5.10 Å². The molecule has 3 N–H and O–H groups in total. The van der Waals surface area contributed by atoms with Crippen LogP contribution in [-0.2, 0) is 0 Å². The van der Waals surface area contributed by atoms with Crippen molar-refractivity contribution in [3.63, 3.8) is 0 Å². The zero-order valence-corrected chi connectivity index (χ0v) is 14.1. The normalized spacial score (nSPS) is 16.2. The first kappa shape index (κ1) is 15.6. The quantitative estimate of drug-likeness (QED) is 0.679. The van der Waals surface area contributed by atoms with Gasteiger partial charge in [0.05, 0.1) is 23.4 Å². The maximum absolute atomic E-state index is 12.4. The van der Waals surface area contributed by atoms with Crippen molar-refractivity contribution >= 4 is 22.6 Å². The highest BCUT2D eigenvalue weighted by Crippen LogP contribution is 2.31. The maximum Gasteiger partial charge on any atom is 0.319 e. The van der Waals surface area contributed by atoms with Gasteiger partial charge in [-0.15, -0.1) is 10.2 Å². The maximum atomic E-state index is 12.4. The van der Waals surface area contributed by atoms with E-state index in [0.29, 0.717) is 11.7 Å². The van der Waals surface area contributed by atoms with Gasteiger partial charge in [0.1, 0.15) is 6.33 Å². The highest BCUT2D eigenvalue weighted by molar-refractivity contribution is 5.99. The number of amides is 2. The van der Waals surface area contributed by atoms with Crippen molar-refractivity contribution in [1.29, 1.82) is 0 Å². The van der Waals surface area contributed by atoms with Gasteiger partial charge >= 0.3 is 6.03 Å². The summed E-state index contributed by atoms with van der Waals surface area (Å²) in [7, 11) is 0. The number of carbonyl (C=O) groups is 1. The lowest BCUT2D eigenvalue weighted by molar-refractivity contribution is 0.248. The van der Waals surface area contributed by atoms with E-state index in [2.05, 4.69) is 35.6 Å². The molecule has 0 bridgehead atoms. The molecule has 2 heterocycles. The second-order valence-electron chi connectivity index (χ2n) is 6.49. The van der Waals surface area contributed by atoms with Gasteiger partial charge in [-0.25, -0.2) is 4.79 Å². The van der Waals surface area contributed by atoms with Crippen molar-refractivity contribution in [2.45, 2.75) is 44.7 Å². The molecule has 130 valence electrons. The van der Waals surface area contributed by atoms with Gasteiger partial charge in [0.15, 0.2) is 5.82 Å². The van der Waals surface area contributed by atoms with Gasteiger partial charge in [-0.05, 0) is 25.8 Å². The summed E-state index contributed by atoms with van der Waals surface area (Å²) in [5.41, 5.74) is 1.50. The zero-order chi connectivity index (χ0) is 17.2. The molecule has 0 radical (unpaired) electrons. The van der Waals surface area contributed by atoms with Crippen LogP contribution >= 0.6 is 0 Å². The Kier molecular flexibility index (Phi) is 4.09. The van der Waals surface area contributed by atoms with Crippen LogP contribution in [0.5, 0.6) is 0 Å². The molecular formula is C17H21N7O. The summed E-state index contributed by atoms with van der Waals surface area (Å²) in [5, 5.41) is 21.9. The van der Waals surface area contributed by atoms with E-state index in [1.165, 1.54) is 12.8 Å². The Bertz CT molecular complexity index is 878. The van der Waals surface area contributed by atoms with E-state index >= 15 is 0 Å². The second kappa shape index (κ2) is 6.54. The number of hydrogen-bond acceptors (Lipinski definition) is 4. The van der Waals surface area contributed by atoms with Gasteiger partial charge in [-0.1, -0.05) is 25.0 Å². The minimum Gasteiger partial charge on any atom is -0.328 e. The smallest absolute Gasteiger partial charge is 0.319 e. The zero-order valence-electron chi connectivity index (χ0n) is 14.1. The van der Waals surface area contributed by atoms with Crippen LogP contribution in [0.15, 0.2) is 30.7 Å². The van der Waals surface area contributed by atoms with Crippen molar-refractivity contribution in [3.05, 3.63) is 36.5 Å². The monoisotopic (exact) mass is 339 g/mol. The molecule has 1 saturated carbocycles. The number of rotatable bonds is 4. The molecule has 1 aromatic carbocycles. The van der Waals surface area contributed by atoms with E-state index in [1.54, 1.807) is 12.5 Å². The van der Waals surface area contributed by atoms with Gasteiger partial charge in [0, 0.05) is 11.4 Å². The molecular weight excluding hydrogens is 318 g/mol. The number of nitrogens with zero attached hydrogens (tertiary/aromatic N) is 4. The lowest BCUT2D eigenvalue weighted by Crippen LogP contribution is -2.33. The Balaban J connectivity index is 1.46. The molecule has 2 amide bonds. The Labute approximate surface area is 145 Å². The third-order valence-electron chi connectivity index (χ3n) is 4.78. The van der Waals surface area contributed by atoms with Gasteiger partial charge < -0.3 is 15.2 Å². The Morgan fingerprint density at radius 3 is 3.04 bits per heavy atom. The number of urea groups is 1. The standard InChI is InChI=1S/C17H21N7O/c1-11(16-23-19-10-24(16)13-6-2-3-7-13)20-17(25)21-14-8-4-5-12-9-18-22-15(12)14/h4-5,8-11,13H,2-3,6-7H2,1H3,(H,18,22)(H2,20,21,25)/t11-/m0/s1. The lowest BCUT2D eigenvalue weighted by atomic mass is 10.2. The third kappa shape index (κ3) is 3.07. The fourth-order valence-corrected chi connectivity index (χ4v) is 3.52. The van der Waals surface area contributed by atoms with Crippen molar-refractivity contribution in [3.8, 4) is 0 Å². The molecule has 1 atom stereocenters. The molecule has 3 aromatic rings. The Morgan fingerprint density at radius 2 is 2.20 bits per heavy atom. The number of H-pyrrole nitrogens is 1. The second-order valence-corrected chi connectivity index (χ2v) is 6.49. The molecule has 1 aliphatic rings. The predicted octanol–water partition coefficient (Wildman–Crippen LogP) is 3.15. The van der Waals surface area contributed by atoms with Crippen LogP contribution in [0.1, 0.15) is 50.5 Å². The highest BCUT2D eigenvalue weighted by Gasteiger charge is 2.23. The van der Waals surface area contributed by atoms with E-state index in [0.717, 1.165) is 29.6 Å². The topological polar surface area (TPSA) is 101 Å². The summed E-state index contributed by atoms with van der Waals surface area (Å²) in [5.74, 6) is 0.793. The fourth-order valence-electron chi connectivity index (χ4n) is 3.52. The number of anilines is 1. The number of hydrogen-bond donors (Lipinski definition) is 3. The summed E-state index contributed by atoms with van der Waals surface area (Å²) in [6.45, 7) is 1.92. The molecule has 0 aliphatic heterocycles. The van der Waals surface area contributed by atoms with Crippen LogP contribution in [0.25, 0.3) is 10.9 Å². The molecule has 0 saturated heterocycles. The molecule has 1 aliphatic carbocycles. The Morgan fingerprint density at radius 1 is 1.36 bits per heavy atom.